The van der Waals surface area contributed by atoms with E-state index in [1.165, 1.54) is 12.8 Å². The molecule has 3 nitrogen and oxygen atoms in total. The molecule has 1 aromatic rings. The Morgan fingerprint density at radius 3 is 2.47 bits per heavy atom. The Hall–Kier alpha value is -0.870. The van der Waals surface area contributed by atoms with Crippen molar-refractivity contribution in [2.24, 2.45) is 0 Å². The number of hydrogen-bond donors (Lipinski definition) is 1. The van der Waals surface area contributed by atoms with Crippen LogP contribution < -0.4 is 4.74 Å². The summed E-state index contributed by atoms with van der Waals surface area (Å²) < 4.78 is 25.1. The number of hydrogen-bond acceptors (Lipinski definition) is 2. The van der Waals surface area contributed by atoms with Gasteiger partial charge in [-0.2, -0.15) is 0 Å². The van der Waals surface area contributed by atoms with E-state index in [1.54, 1.807) is 0 Å². The minimum atomic E-state index is -1.71. The number of rotatable bonds is 5. The van der Waals surface area contributed by atoms with E-state index in [0.717, 1.165) is 24.2 Å². The zero-order chi connectivity index (χ0) is 12.1. The Labute approximate surface area is 104 Å². The largest absolute Gasteiger partial charge is 0.490 e. The van der Waals surface area contributed by atoms with Crippen LogP contribution in [0.5, 0.6) is 5.75 Å². The van der Waals surface area contributed by atoms with Gasteiger partial charge in [-0.25, -0.2) is 4.21 Å². The summed E-state index contributed by atoms with van der Waals surface area (Å²) in [5.41, 5.74) is 1.08. The van der Waals surface area contributed by atoms with E-state index in [2.05, 4.69) is 0 Å². The van der Waals surface area contributed by atoms with Gasteiger partial charge in [0.2, 0.25) is 0 Å². The Bertz CT molecular complexity index is 369. The summed E-state index contributed by atoms with van der Waals surface area (Å²) in [4.78, 5) is 0. The van der Waals surface area contributed by atoms with Gasteiger partial charge in [-0.15, -0.1) is 0 Å². The summed E-state index contributed by atoms with van der Waals surface area (Å²) in [6, 6.07) is 7.84. The highest BCUT2D eigenvalue weighted by molar-refractivity contribution is 7.79. The number of benzene rings is 1. The fourth-order valence-electron chi connectivity index (χ4n) is 2.14. The smallest absolute Gasteiger partial charge is 0.153 e. The van der Waals surface area contributed by atoms with Crippen molar-refractivity contribution in [1.29, 1.82) is 0 Å². The predicted molar refractivity (Wildman–Crippen MR) is 68.7 cm³/mol. The molecule has 0 bridgehead atoms. The average molecular weight is 254 g/mol. The summed E-state index contributed by atoms with van der Waals surface area (Å²) in [7, 11) is 0. The second-order valence-corrected chi connectivity index (χ2v) is 5.50. The molecular formula is C13H18O3S. The molecule has 1 aliphatic rings. The molecule has 0 spiro atoms. The first-order valence-electron chi connectivity index (χ1n) is 6.07. The third-order valence-corrected chi connectivity index (χ3v) is 3.65. The Kier molecular flexibility index (Phi) is 4.57. The standard InChI is InChI=1S/C13H18O3S/c14-17(15)10-9-11-5-7-13(8-6-11)16-12-3-1-2-4-12/h5-8,12H,1-4,9-10H2,(H,14,15). The summed E-state index contributed by atoms with van der Waals surface area (Å²) >= 11 is -1.71. The van der Waals surface area contributed by atoms with Gasteiger partial charge in [-0.3, -0.25) is 0 Å². The molecule has 1 saturated carbocycles. The molecule has 1 aromatic carbocycles. The van der Waals surface area contributed by atoms with Crippen molar-refractivity contribution < 1.29 is 13.5 Å². The topological polar surface area (TPSA) is 46.5 Å². The maximum Gasteiger partial charge on any atom is 0.153 e. The molecular weight excluding hydrogens is 236 g/mol. The van der Waals surface area contributed by atoms with Gasteiger partial charge in [0.1, 0.15) is 5.75 Å². The van der Waals surface area contributed by atoms with Gasteiger partial charge < -0.3 is 9.29 Å². The third kappa shape index (κ3) is 4.13. The third-order valence-electron chi connectivity index (χ3n) is 3.09. The second kappa shape index (κ2) is 6.17. The van der Waals surface area contributed by atoms with Gasteiger partial charge in [0, 0.05) is 0 Å². The van der Waals surface area contributed by atoms with Crippen LogP contribution >= 0.6 is 0 Å². The maximum atomic E-state index is 10.6. The molecule has 1 atom stereocenters. The molecule has 0 amide bonds. The molecule has 1 aliphatic carbocycles. The Morgan fingerprint density at radius 1 is 1.24 bits per heavy atom. The van der Waals surface area contributed by atoms with Crippen LogP contribution in [-0.4, -0.2) is 20.6 Å². The van der Waals surface area contributed by atoms with Gasteiger partial charge in [-0.1, -0.05) is 12.1 Å². The van der Waals surface area contributed by atoms with Crippen LogP contribution in [0.15, 0.2) is 24.3 Å². The van der Waals surface area contributed by atoms with Crippen molar-refractivity contribution in [3.63, 3.8) is 0 Å². The monoisotopic (exact) mass is 254 g/mol. The van der Waals surface area contributed by atoms with Crippen molar-refractivity contribution >= 4 is 11.1 Å². The molecule has 0 aliphatic heterocycles. The summed E-state index contributed by atoms with van der Waals surface area (Å²) in [5.74, 6) is 1.20. The fourth-order valence-corrected chi connectivity index (χ4v) is 2.55. The fraction of sp³-hybridized carbons (Fsp3) is 0.538. The van der Waals surface area contributed by atoms with Crippen LogP contribution in [0.4, 0.5) is 0 Å². The summed E-state index contributed by atoms with van der Waals surface area (Å²) in [5, 5.41) is 0. The van der Waals surface area contributed by atoms with Crippen molar-refractivity contribution in [3.8, 4) is 5.75 Å². The average Bonchev–Trinajstić information content (AvgIpc) is 2.81. The minimum absolute atomic E-state index is 0.294. The van der Waals surface area contributed by atoms with E-state index < -0.39 is 11.1 Å². The highest BCUT2D eigenvalue weighted by Gasteiger charge is 2.16. The first kappa shape index (κ1) is 12.6. The van der Waals surface area contributed by atoms with Crippen LogP contribution in [-0.2, 0) is 17.5 Å². The molecule has 1 fully saturated rings. The van der Waals surface area contributed by atoms with Crippen molar-refractivity contribution in [2.45, 2.75) is 38.2 Å². The van der Waals surface area contributed by atoms with Crippen LogP contribution in [0.2, 0.25) is 0 Å². The SMILES string of the molecule is O=S(O)CCc1ccc(OC2CCCC2)cc1. The van der Waals surface area contributed by atoms with E-state index in [9.17, 15) is 4.21 Å². The highest BCUT2D eigenvalue weighted by atomic mass is 32.2. The predicted octanol–water partition coefficient (Wildman–Crippen LogP) is 2.77. The van der Waals surface area contributed by atoms with Crippen molar-refractivity contribution in [2.75, 3.05) is 5.75 Å². The van der Waals surface area contributed by atoms with Gasteiger partial charge in [-0.05, 0) is 49.8 Å². The molecule has 0 aromatic heterocycles. The molecule has 1 unspecified atom stereocenters. The van der Waals surface area contributed by atoms with E-state index in [-0.39, 0.29) is 0 Å². The van der Waals surface area contributed by atoms with Crippen LogP contribution in [0, 0.1) is 0 Å². The Balaban J connectivity index is 1.86. The van der Waals surface area contributed by atoms with E-state index >= 15 is 0 Å². The molecule has 0 heterocycles. The quantitative estimate of drug-likeness (QED) is 0.822. The lowest BCUT2D eigenvalue weighted by atomic mass is 10.2. The van der Waals surface area contributed by atoms with E-state index in [0.29, 0.717) is 18.3 Å². The zero-order valence-corrected chi connectivity index (χ0v) is 10.6. The summed E-state index contributed by atoms with van der Waals surface area (Å²) in [6.07, 6.45) is 5.87. The molecule has 2 rings (SSSR count). The molecule has 1 N–H and O–H groups in total. The van der Waals surface area contributed by atoms with Crippen LogP contribution in [0.1, 0.15) is 31.2 Å². The number of aryl methyl sites for hydroxylation is 1. The summed E-state index contributed by atoms with van der Waals surface area (Å²) in [6.45, 7) is 0. The Morgan fingerprint density at radius 2 is 1.88 bits per heavy atom. The zero-order valence-electron chi connectivity index (χ0n) is 9.80. The first-order chi connectivity index (χ1) is 8.24. The van der Waals surface area contributed by atoms with Crippen LogP contribution in [0.25, 0.3) is 0 Å². The lowest BCUT2D eigenvalue weighted by Crippen LogP contribution is -2.10. The number of ether oxygens (including phenoxy) is 1. The van der Waals surface area contributed by atoms with Crippen molar-refractivity contribution in [1.82, 2.24) is 0 Å². The molecule has 0 radical (unpaired) electrons. The first-order valence-corrected chi connectivity index (χ1v) is 7.34. The van der Waals surface area contributed by atoms with E-state index in [1.807, 2.05) is 24.3 Å². The highest BCUT2D eigenvalue weighted by Crippen LogP contribution is 2.24. The van der Waals surface area contributed by atoms with Gasteiger partial charge in [0.15, 0.2) is 11.1 Å². The molecule has 4 heteroatoms. The lowest BCUT2D eigenvalue weighted by Gasteiger charge is -2.13. The van der Waals surface area contributed by atoms with Crippen molar-refractivity contribution in [3.05, 3.63) is 29.8 Å². The maximum absolute atomic E-state index is 10.6. The lowest BCUT2D eigenvalue weighted by molar-refractivity contribution is 0.210. The molecule has 0 saturated heterocycles. The molecule has 17 heavy (non-hydrogen) atoms. The minimum Gasteiger partial charge on any atom is -0.490 e. The normalized spacial score (nSPS) is 18.2. The van der Waals surface area contributed by atoms with Crippen LogP contribution in [0.3, 0.4) is 0 Å². The second-order valence-electron chi connectivity index (χ2n) is 4.44. The molecule has 94 valence electrons. The van der Waals surface area contributed by atoms with Gasteiger partial charge >= 0.3 is 0 Å². The van der Waals surface area contributed by atoms with Gasteiger partial charge in [0.25, 0.3) is 0 Å². The van der Waals surface area contributed by atoms with E-state index in [4.69, 9.17) is 9.29 Å². The van der Waals surface area contributed by atoms with Gasteiger partial charge in [0.05, 0.1) is 11.9 Å².